The summed E-state index contributed by atoms with van der Waals surface area (Å²) in [6.45, 7) is 15.9. The van der Waals surface area contributed by atoms with Gasteiger partial charge in [-0.15, -0.1) is 0 Å². The van der Waals surface area contributed by atoms with Crippen LogP contribution in [0.5, 0.6) is 0 Å². The average molecular weight is 277 g/mol. The third kappa shape index (κ3) is 4.78. The first-order valence-corrected chi connectivity index (χ1v) is 7.61. The van der Waals surface area contributed by atoms with Crippen LogP contribution in [0.4, 0.5) is 5.82 Å². The van der Waals surface area contributed by atoms with Crippen molar-refractivity contribution in [2.45, 2.75) is 53.4 Å². The lowest BCUT2D eigenvalue weighted by Gasteiger charge is -2.33. The topological polar surface area (TPSA) is 42.1 Å². The molecule has 2 N–H and O–H groups in total. The van der Waals surface area contributed by atoms with E-state index in [-0.39, 0.29) is 10.8 Å². The monoisotopic (exact) mass is 277 g/mol. The van der Waals surface area contributed by atoms with Crippen molar-refractivity contribution in [3.05, 3.63) is 23.9 Å². The molecule has 0 fully saturated rings. The minimum atomic E-state index is 0.111. The fraction of sp³-hybridized carbons (Fsp3) is 0.706. The number of nitrogens with zero attached hydrogens (tertiary/aromatic N) is 2. The minimum absolute atomic E-state index is 0.111. The average Bonchev–Trinajstić information content (AvgIpc) is 2.37. The second-order valence-electron chi connectivity index (χ2n) is 7.44. The molecule has 0 aliphatic carbocycles. The van der Waals surface area contributed by atoms with E-state index in [1.165, 1.54) is 5.56 Å². The van der Waals surface area contributed by atoms with Crippen molar-refractivity contribution in [3.63, 3.8) is 0 Å². The number of rotatable bonds is 6. The van der Waals surface area contributed by atoms with Gasteiger partial charge in [0.25, 0.3) is 0 Å². The van der Waals surface area contributed by atoms with Gasteiger partial charge in [-0.05, 0) is 35.4 Å². The molecular weight excluding hydrogens is 246 g/mol. The first kappa shape index (κ1) is 17.0. The van der Waals surface area contributed by atoms with Crippen molar-refractivity contribution in [2.24, 2.45) is 11.1 Å². The summed E-state index contributed by atoms with van der Waals surface area (Å²) < 4.78 is 0. The summed E-state index contributed by atoms with van der Waals surface area (Å²) in [6.07, 6.45) is 3.12. The summed E-state index contributed by atoms with van der Waals surface area (Å²) in [5.41, 5.74) is 7.40. The van der Waals surface area contributed by atoms with Crippen LogP contribution in [0.3, 0.4) is 0 Å². The maximum absolute atomic E-state index is 5.86. The first-order valence-electron chi connectivity index (χ1n) is 7.61. The molecule has 3 heteroatoms. The Morgan fingerprint density at radius 2 is 1.80 bits per heavy atom. The van der Waals surface area contributed by atoms with Crippen molar-refractivity contribution in [3.8, 4) is 0 Å². The lowest BCUT2D eigenvalue weighted by Crippen LogP contribution is -2.39. The van der Waals surface area contributed by atoms with Gasteiger partial charge < -0.3 is 10.6 Å². The van der Waals surface area contributed by atoms with E-state index in [1.807, 2.05) is 6.20 Å². The molecule has 3 nitrogen and oxygen atoms in total. The molecule has 0 amide bonds. The Bertz CT molecular complexity index is 401. The van der Waals surface area contributed by atoms with Gasteiger partial charge in [-0.1, -0.05) is 47.6 Å². The van der Waals surface area contributed by atoms with E-state index in [4.69, 9.17) is 5.73 Å². The molecule has 1 heterocycles. The number of aromatic nitrogens is 1. The quantitative estimate of drug-likeness (QED) is 0.864. The molecular formula is C17H31N3. The first-order chi connectivity index (χ1) is 9.19. The molecule has 1 aromatic rings. The number of anilines is 1. The van der Waals surface area contributed by atoms with Gasteiger partial charge in [-0.2, -0.15) is 0 Å². The van der Waals surface area contributed by atoms with Crippen molar-refractivity contribution in [1.82, 2.24) is 4.98 Å². The van der Waals surface area contributed by atoms with Gasteiger partial charge in [0.1, 0.15) is 5.82 Å². The molecule has 0 aromatic carbocycles. The lowest BCUT2D eigenvalue weighted by atomic mass is 9.88. The molecule has 0 unspecified atom stereocenters. The van der Waals surface area contributed by atoms with E-state index < -0.39 is 0 Å². The lowest BCUT2D eigenvalue weighted by molar-refractivity contribution is 0.376. The van der Waals surface area contributed by atoms with Crippen LogP contribution in [0.25, 0.3) is 0 Å². The number of pyridine rings is 1. The fourth-order valence-electron chi connectivity index (χ4n) is 2.14. The molecule has 0 aliphatic heterocycles. The molecule has 20 heavy (non-hydrogen) atoms. The molecule has 1 rings (SSSR count). The van der Waals surface area contributed by atoms with Crippen molar-refractivity contribution in [2.75, 3.05) is 24.5 Å². The maximum Gasteiger partial charge on any atom is 0.128 e. The molecule has 0 bridgehead atoms. The van der Waals surface area contributed by atoms with Crippen molar-refractivity contribution < 1.29 is 0 Å². The maximum atomic E-state index is 5.86. The second-order valence-corrected chi connectivity index (χ2v) is 7.44. The highest BCUT2D eigenvalue weighted by atomic mass is 15.2. The van der Waals surface area contributed by atoms with Crippen LogP contribution in [0.1, 0.15) is 53.5 Å². The molecule has 0 spiro atoms. The summed E-state index contributed by atoms with van der Waals surface area (Å²) in [7, 11) is 0. The Morgan fingerprint density at radius 1 is 1.15 bits per heavy atom. The van der Waals surface area contributed by atoms with Gasteiger partial charge in [-0.25, -0.2) is 4.98 Å². The standard InChI is InChI=1S/C17H31N3/c1-7-10-20(13-17(5,6)12-18)15-9-8-14(11-19-15)16(2,3)4/h8-9,11H,7,10,12-13,18H2,1-6H3. The molecule has 0 aliphatic rings. The van der Waals surface area contributed by atoms with Crippen LogP contribution in [0, 0.1) is 5.41 Å². The highest BCUT2D eigenvalue weighted by molar-refractivity contribution is 5.40. The summed E-state index contributed by atoms with van der Waals surface area (Å²) in [5.74, 6) is 1.06. The largest absolute Gasteiger partial charge is 0.356 e. The van der Waals surface area contributed by atoms with Crippen LogP contribution < -0.4 is 10.6 Å². The Morgan fingerprint density at radius 3 is 2.20 bits per heavy atom. The van der Waals surface area contributed by atoms with Crippen LogP contribution >= 0.6 is 0 Å². The number of hydrogen-bond acceptors (Lipinski definition) is 3. The van der Waals surface area contributed by atoms with Gasteiger partial charge in [0.15, 0.2) is 0 Å². The zero-order valence-electron chi connectivity index (χ0n) is 14.0. The molecule has 0 saturated carbocycles. The Labute approximate surface area is 124 Å². The van der Waals surface area contributed by atoms with Crippen LogP contribution in [0.15, 0.2) is 18.3 Å². The van der Waals surface area contributed by atoms with E-state index >= 15 is 0 Å². The number of nitrogens with two attached hydrogens (primary N) is 1. The van der Waals surface area contributed by atoms with E-state index in [2.05, 4.69) is 63.6 Å². The van der Waals surface area contributed by atoms with E-state index in [0.29, 0.717) is 6.54 Å². The van der Waals surface area contributed by atoms with Gasteiger partial charge in [-0.3, -0.25) is 0 Å². The van der Waals surface area contributed by atoms with Gasteiger partial charge in [0.05, 0.1) is 0 Å². The van der Waals surface area contributed by atoms with Crippen LogP contribution in [-0.2, 0) is 5.41 Å². The minimum Gasteiger partial charge on any atom is -0.356 e. The van der Waals surface area contributed by atoms with Gasteiger partial charge in [0, 0.05) is 19.3 Å². The molecule has 1 aromatic heterocycles. The van der Waals surface area contributed by atoms with E-state index in [9.17, 15) is 0 Å². The van der Waals surface area contributed by atoms with Gasteiger partial charge in [0.2, 0.25) is 0 Å². The SMILES string of the molecule is CCCN(CC(C)(C)CN)c1ccc(C(C)(C)C)cn1. The summed E-state index contributed by atoms with van der Waals surface area (Å²) >= 11 is 0. The molecule has 0 atom stereocenters. The predicted molar refractivity (Wildman–Crippen MR) is 88.3 cm³/mol. The Hall–Kier alpha value is -1.09. The summed E-state index contributed by atoms with van der Waals surface area (Å²) in [6, 6.07) is 4.34. The zero-order valence-corrected chi connectivity index (χ0v) is 14.0. The normalized spacial score (nSPS) is 12.6. The summed E-state index contributed by atoms with van der Waals surface area (Å²) in [5, 5.41) is 0. The molecule has 0 saturated heterocycles. The zero-order chi connectivity index (χ0) is 15.4. The fourth-order valence-corrected chi connectivity index (χ4v) is 2.14. The van der Waals surface area contributed by atoms with Crippen molar-refractivity contribution >= 4 is 5.82 Å². The highest BCUT2D eigenvalue weighted by Crippen LogP contribution is 2.24. The predicted octanol–water partition coefficient (Wildman–Crippen LogP) is 3.58. The second kappa shape index (κ2) is 6.57. The molecule has 114 valence electrons. The summed E-state index contributed by atoms with van der Waals surface area (Å²) in [4.78, 5) is 7.01. The highest BCUT2D eigenvalue weighted by Gasteiger charge is 2.21. The van der Waals surface area contributed by atoms with Crippen LogP contribution in [0.2, 0.25) is 0 Å². The molecule has 0 radical (unpaired) electrons. The van der Waals surface area contributed by atoms with Crippen molar-refractivity contribution in [1.29, 1.82) is 0 Å². The van der Waals surface area contributed by atoms with Crippen LogP contribution in [-0.4, -0.2) is 24.6 Å². The smallest absolute Gasteiger partial charge is 0.128 e. The third-order valence-electron chi connectivity index (χ3n) is 3.60. The Balaban J connectivity index is 2.92. The van der Waals surface area contributed by atoms with E-state index in [1.54, 1.807) is 0 Å². The Kier molecular flexibility index (Phi) is 5.58. The third-order valence-corrected chi connectivity index (χ3v) is 3.60. The van der Waals surface area contributed by atoms with E-state index in [0.717, 1.165) is 25.3 Å². The number of hydrogen-bond donors (Lipinski definition) is 1. The van der Waals surface area contributed by atoms with Gasteiger partial charge >= 0.3 is 0 Å².